The molecule has 0 radical (unpaired) electrons. The van der Waals surface area contributed by atoms with E-state index in [9.17, 15) is 0 Å². The van der Waals surface area contributed by atoms with Gasteiger partial charge in [0.05, 0.1) is 0 Å². The van der Waals surface area contributed by atoms with Gasteiger partial charge in [0.15, 0.2) is 0 Å². The van der Waals surface area contributed by atoms with Crippen molar-refractivity contribution in [3.63, 3.8) is 0 Å². The van der Waals surface area contributed by atoms with E-state index in [0.29, 0.717) is 6.04 Å². The number of aryl methyl sites for hydroxylation is 1. The lowest BCUT2D eigenvalue weighted by Gasteiger charge is -2.15. The van der Waals surface area contributed by atoms with Crippen LogP contribution in [0.2, 0.25) is 0 Å². The first-order chi connectivity index (χ1) is 7.11. The minimum Gasteiger partial charge on any atom is -0.399 e. The van der Waals surface area contributed by atoms with Gasteiger partial charge < -0.3 is 15.8 Å². The van der Waals surface area contributed by atoms with Crippen molar-refractivity contribution in [2.75, 3.05) is 24.8 Å². The fraction of sp³-hybridized carbons (Fsp3) is 0.500. The second kappa shape index (κ2) is 5.61. The molecule has 0 amide bonds. The smallest absolute Gasteiger partial charge is 0.0481 e. The Labute approximate surface area is 91.6 Å². The van der Waals surface area contributed by atoms with Gasteiger partial charge in [-0.1, -0.05) is 0 Å². The third-order valence-corrected chi connectivity index (χ3v) is 2.27. The van der Waals surface area contributed by atoms with Crippen molar-refractivity contribution in [2.24, 2.45) is 0 Å². The van der Waals surface area contributed by atoms with Gasteiger partial charge in [-0.2, -0.15) is 0 Å². The topological polar surface area (TPSA) is 47.3 Å². The first-order valence-corrected chi connectivity index (χ1v) is 5.24. The maximum atomic E-state index is 5.77. The number of ether oxygens (including phenoxy) is 1. The van der Waals surface area contributed by atoms with Crippen molar-refractivity contribution >= 4 is 11.4 Å². The molecule has 1 aromatic rings. The van der Waals surface area contributed by atoms with Gasteiger partial charge in [-0.05, 0) is 44.0 Å². The Kier molecular flexibility index (Phi) is 4.43. The van der Waals surface area contributed by atoms with Crippen molar-refractivity contribution in [3.05, 3.63) is 23.8 Å². The molecule has 0 aliphatic carbocycles. The van der Waals surface area contributed by atoms with Gasteiger partial charge in [-0.15, -0.1) is 0 Å². The zero-order valence-electron chi connectivity index (χ0n) is 9.71. The lowest BCUT2D eigenvalue weighted by molar-refractivity contribution is 0.191. The van der Waals surface area contributed by atoms with Gasteiger partial charge in [-0.3, -0.25) is 0 Å². The maximum absolute atomic E-state index is 5.77. The quantitative estimate of drug-likeness (QED) is 0.730. The third kappa shape index (κ3) is 4.21. The minimum absolute atomic E-state index is 0.395. The van der Waals surface area contributed by atoms with E-state index in [1.165, 1.54) is 5.56 Å². The van der Waals surface area contributed by atoms with Crippen molar-refractivity contribution in [3.8, 4) is 0 Å². The zero-order valence-corrected chi connectivity index (χ0v) is 9.71. The molecule has 0 heterocycles. The second-order valence-corrected chi connectivity index (χ2v) is 3.96. The minimum atomic E-state index is 0.395. The average Bonchev–Trinajstić information content (AvgIpc) is 2.13. The molecule has 84 valence electrons. The van der Waals surface area contributed by atoms with Crippen LogP contribution in [0.1, 0.15) is 18.9 Å². The van der Waals surface area contributed by atoms with Crippen molar-refractivity contribution in [1.29, 1.82) is 0 Å². The molecule has 15 heavy (non-hydrogen) atoms. The Morgan fingerprint density at radius 1 is 1.40 bits per heavy atom. The van der Waals surface area contributed by atoms with Crippen LogP contribution in [-0.2, 0) is 4.74 Å². The number of rotatable bonds is 5. The Balaban J connectivity index is 2.56. The van der Waals surface area contributed by atoms with E-state index in [0.717, 1.165) is 24.4 Å². The summed E-state index contributed by atoms with van der Waals surface area (Å²) in [6.45, 7) is 4.95. The normalized spacial score (nSPS) is 12.5. The maximum Gasteiger partial charge on any atom is 0.0481 e. The highest BCUT2D eigenvalue weighted by atomic mass is 16.5. The first kappa shape index (κ1) is 11.9. The first-order valence-electron chi connectivity index (χ1n) is 5.24. The van der Waals surface area contributed by atoms with Gasteiger partial charge >= 0.3 is 0 Å². The summed E-state index contributed by atoms with van der Waals surface area (Å²) in [4.78, 5) is 0. The number of nitrogen functional groups attached to an aromatic ring is 1. The van der Waals surface area contributed by atoms with Crippen LogP contribution >= 0.6 is 0 Å². The van der Waals surface area contributed by atoms with Crippen molar-refractivity contribution < 1.29 is 4.74 Å². The highest BCUT2D eigenvalue weighted by Gasteiger charge is 2.02. The van der Waals surface area contributed by atoms with Crippen molar-refractivity contribution in [2.45, 2.75) is 26.3 Å². The van der Waals surface area contributed by atoms with Gasteiger partial charge in [-0.25, -0.2) is 0 Å². The average molecular weight is 208 g/mol. The fourth-order valence-corrected chi connectivity index (χ4v) is 1.55. The molecule has 0 fully saturated rings. The van der Waals surface area contributed by atoms with Crippen LogP contribution in [-0.4, -0.2) is 19.8 Å². The molecule has 1 unspecified atom stereocenters. The summed E-state index contributed by atoms with van der Waals surface area (Å²) >= 11 is 0. The van der Waals surface area contributed by atoms with E-state index in [1.807, 2.05) is 19.1 Å². The number of hydrogen-bond acceptors (Lipinski definition) is 3. The van der Waals surface area contributed by atoms with Crippen LogP contribution in [0, 0.1) is 6.92 Å². The van der Waals surface area contributed by atoms with Gasteiger partial charge in [0.25, 0.3) is 0 Å². The summed E-state index contributed by atoms with van der Waals surface area (Å²) in [6, 6.07) is 6.41. The molecule has 0 aliphatic heterocycles. The molecular weight excluding hydrogens is 188 g/mol. The van der Waals surface area contributed by atoms with Crippen LogP contribution in [0.3, 0.4) is 0 Å². The highest BCUT2D eigenvalue weighted by Crippen LogP contribution is 2.17. The zero-order chi connectivity index (χ0) is 11.3. The monoisotopic (exact) mass is 208 g/mol. The van der Waals surface area contributed by atoms with Crippen LogP contribution in [0.15, 0.2) is 18.2 Å². The predicted octanol–water partition coefficient (Wildman–Crippen LogP) is 2.41. The molecule has 0 aromatic heterocycles. The van der Waals surface area contributed by atoms with Crippen LogP contribution in [0.5, 0.6) is 0 Å². The number of hydrogen-bond donors (Lipinski definition) is 2. The summed E-state index contributed by atoms with van der Waals surface area (Å²) in [5, 5.41) is 3.40. The van der Waals surface area contributed by atoms with E-state index in [4.69, 9.17) is 10.5 Å². The Hall–Kier alpha value is -1.22. The van der Waals surface area contributed by atoms with E-state index in [1.54, 1.807) is 7.11 Å². The third-order valence-electron chi connectivity index (χ3n) is 2.27. The molecule has 1 rings (SSSR count). The molecular formula is C12H20N2O. The lowest BCUT2D eigenvalue weighted by atomic mass is 10.1. The molecule has 3 N–H and O–H groups in total. The van der Waals surface area contributed by atoms with Crippen molar-refractivity contribution in [1.82, 2.24) is 0 Å². The number of methoxy groups -OCH3 is 1. The SMILES string of the molecule is COCCC(C)Nc1cc(C)cc(N)c1. The van der Waals surface area contributed by atoms with Gasteiger partial charge in [0, 0.05) is 31.1 Å². The molecule has 0 spiro atoms. The lowest BCUT2D eigenvalue weighted by Crippen LogP contribution is -2.17. The van der Waals surface area contributed by atoms with Gasteiger partial charge in [0.1, 0.15) is 0 Å². The molecule has 0 aliphatic rings. The van der Waals surface area contributed by atoms with Gasteiger partial charge in [0.2, 0.25) is 0 Å². The van der Waals surface area contributed by atoms with E-state index < -0.39 is 0 Å². The summed E-state index contributed by atoms with van der Waals surface area (Å²) in [5.41, 5.74) is 8.83. The molecule has 3 heteroatoms. The fourth-order valence-electron chi connectivity index (χ4n) is 1.55. The number of anilines is 2. The van der Waals surface area contributed by atoms with E-state index in [2.05, 4.69) is 18.3 Å². The number of nitrogens with one attached hydrogen (secondary N) is 1. The molecule has 0 bridgehead atoms. The largest absolute Gasteiger partial charge is 0.399 e. The van der Waals surface area contributed by atoms with Crippen LogP contribution < -0.4 is 11.1 Å². The molecule has 1 atom stereocenters. The summed E-state index contributed by atoms with van der Waals surface area (Å²) in [6.07, 6.45) is 0.990. The standard InChI is InChI=1S/C12H20N2O/c1-9-6-11(13)8-12(7-9)14-10(2)4-5-15-3/h6-8,10,14H,4-5,13H2,1-3H3. The van der Waals surface area contributed by atoms with E-state index >= 15 is 0 Å². The Morgan fingerprint density at radius 3 is 2.73 bits per heavy atom. The Morgan fingerprint density at radius 2 is 2.13 bits per heavy atom. The molecule has 0 saturated heterocycles. The predicted molar refractivity (Wildman–Crippen MR) is 65.2 cm³/mol. The van der Waals surface area contributed by atoms with Crippen LogP contribution in [0.4, 0.5) is 11.4 Å². The summed E-state index contributed by atoms with van der Waals surface area (Å²) in [5.74, 6) is 0. The highest BCUT2D eigenvalue weighted by molar-refractivity contribution is 5.57. The summed E-state index contributed by atoms with van der Waals surface area (Å²) in [7, 11) is 1.72. The summed E-state index contributed by atoms with van der Waals surface area (Å²) < 4.78 is 5.03. The molecule has 0 saturated carbocycles. The Bertz CT molecular complexity index is 292. The van der Waals surface area contributed by atoms with E-state index in [-0.39, 0.29) is 0 Å². The molecule has 1 aromatic carbocycles. The second-order valence-electron chi connectivity index (χ2n) is 3.96. The van der Waals surface area contributed by atoms with Crippen LogP contribution in [0.25, 0.3) is 0 Å². The molecule has 3 nitrogen and oxygen atoms in total. The number of benzene rings is 1. The number of nitrogens with two attached hydrogens (primary N) is 1.